The van der Waals surface area contributed by atoms with E-state index < -0.39 is 24.1 Å². The lowest BCUT2D eigenvalue weighted by molar-refractivity contribution is -0.274. The molecule has 1 aliphatic heterocycles. The quantitative estimate of drug-likeness (QED) is 0.227. The van der Waals surface area contributed by atoms with Gasteiger partial charge in [0.1, 0.15) is 5.75 Å². The number of amides is 4. The molecule has 4 aromatic rings. The number of carbonyl (C=O) groups is 3. The number of alkyl halides is 3. The van der Waals surface area contributed by atoms with Gasteiger partial charge in [-0.1, -0.05) is 37.7 Å². The third-order valence-electron chi connectivity index (χ3n) is 6.74. The van der Waals surface area contributed by atoms with Crippen molar-refractivity contribution >= 4 is 52.1 Å². The summed E-state index contributed by atoms with van der Waals surface area (Å²) in [5.74, 6) is -0.495. The Hall–Kier alpha value is -5.18. The van der Waals surface area contributed by atoms with Crippen LogP contribution in [0.1, 0.15) is 41.3 Å². The Balaban J connectivity index is 1.25. The van der Waals surface area contributed by atoms with E-state index in [1.807, 2.05) is 39.0 Å². The Kier molecular flexibility index (Phi) is 9.14. The molecule has 0 unspecified atom stereocenters. The molecule has 0 saturated carbocycles. The number of halogens is 3. The van der Waals surface area contributed by atoms with Crippen molar-refractivity contribution in [3.05, 3.63) is 83.4 Å². The van der Waals surface area contributed by atoms with Gasteiger partial charge in [0.2, 0.25) is 11.9 Å². The third-order valence-corrected chi connectivity index (χ3v) is 7.67. The van der Waals surface area contributed by atoms with Crippen LogP contribution in [-0.4, -0.2) is 49.9 Å². The second-order valence-corrected chi connectivity index (χ2v) is 11.5. The van der Waals surface area contributed by atoms with E-state index >= 15 is 0 Å². The first-order valence-corrected chi connectivity index (χ1v) is 14.9. The summed E-state index contributed by atoms with van der Waals surface area (Å²) in [5, 5.41) is 9.88. The highest BCUT2D eigenvalue weighted by molar-refractivity contribution is 8.15. The summed E-state index contributed by atoms with van der Waals surface area (Å²) in [6, 6.07) is 16.3. The molecule has 3 aromatic carbocycles. The van der Waals surface area contributed by atoms with Crippen molar-refractivity contribution in [3.8, 4) is 17.1 Å². The van der Waals surface area contributed by atoms with Gasteiger partial charge in [0.05, 0.1) is 11.4 Å². The summed E-state index contributed by atoms with van der Waals surface area (Å²) in [6.07, 6.45) is -4.84. The average Bonchev–Trinajstić information content (AvgIpc) is 3.53. The van der Waals surface area contributed by atoms with Gasteiger partial charge in [-0.2, -0.15) is 9.98 Å². The lowest BCUT2D eigenvalue weighted by atomic mass is 9.99. The highest BCUT2D eigenvalue weighted by Crippen LogP contribution is 2.34. The molecule has 1 saturated heterocycles. The first-order chi connectivity index (χ1) is 21.8. The zero-order valence-corrected chi connectivity index (χ0v) is 25.9. The van der Waals surface area contributed by atoms with Crippen LogP contribution in [0.15, 0.2) is 71.7 Å². The first kappa shape index (κ1) is 32.2. The van der Waals surface area contributed by atoms with Crippen molar-refractivity contribution in [2.45, 2.75) is 33.1 Å². The van der Waals surface area contributed by atoms with Crippen LogP contribution in [0, 0.1) is 6.92 Å². The summed E-state index contributed by atoms with van der Waals surface area (Å²) in [5.41, 5.74) is 3.79. The van der Waals surface area contributed by atoms with E-state index in [9.17, 15) is 27.6 Å². The molecular formula is C31H28F3N7O4S. The Labute approximate surface area is 265 Å². The Morgan fingerprint density at radius 2 is 1.72 bits per heavy atom. The molecule has 1 fully saturated rings. The van der Waals surface area contributed by atoms with Crippen molar-refractivity contribution in [2.75, 3.05) is 21.3 Å². The zero-order chi connectivity index (χ0) is 33.2. The van der Waals surface area contributed by atoms with Gasteiger partial charge in [0.25, 0.3) is 5.91 Å². The molecule has 0 atom stereocenters. The zero-order valence-electron chi connectivity index (χ0n) is 25.0. The third kappa shape index (κ3) is 7.54. The van der Waals surface area contributed by atoms with E-state index in [-0.39, 0.29) is 34.9 Å². The monoisotopic (exact) mass is 651 g/mol. The van der Waals surface area contributed by atoms with Gasteiger partial charge in [-0.15, -0.1) is 18.3 Å². The second kappa shape index (κ2) is 13.0. The fourth-order valence-electron chi connectivity index (χ4n) is 4.56. The van der Waals surface area contributed by atoms with Gasteiger partial charge in [0, 0.05) is 23.9 Å². The van der Waals surface area contributed by atoms with Crippen molar-refractivity contribution in [3.63, 3.8) is 0 Å². The predicted octanol–water partition coefficient (Wildman–Crippen LogP) is 6.73. The number of ether oxygens (including phenoxy) is 1. The second-order valence-electron chi connectivity index (χ2n) is 10.5. The van der Waals surface area contributed by atoms with E-state index in [0.717, 1.165) is 23.3 Å². The number of amidine groups is 1. The normalized spacial score (nSPS) is 14.2. The maximum absolute atomic E-state index is 12.9. The molecule has 4 amide bonds. The minimum Gasteiger partial charge on any atom is -0.406 e. The fourth-order valence-corrected chi connectivity index (χ4v) is 5.41. The Bertz CT molecular complexity index is 1820. The minimum absolute atomic E-state index is 0.0884. The van der Waals surface area contributed by atoms with Crippen LogP contribution < -0.4 is 20.3 Å². The number of benzene rings is 3. The summed E-state index contributed by atoms with van der Waals surface area (Å²) < 4.78 is 42.3. The molecule has 0 bridgehead atoms. The average molecular weight is 652 g/mol. The fraction of sp³-hybridized carbons (Fsp3) is 0.226. The molecule has 5 rings (SSSR count). The lowest BCUT2D eigenvalue weighted by Crippen LogP contribution is -2.31. The van der Waals surface area contributed by atoms with Crippen LogP contribution in [0.5, 0.6) is 5.75 Å². The van der Waals surface area contributed by atoms with Crippen LogP contribution in [0.2, 0.25) is 0 Å². The van der Waals surface area contributed by atoms with E-state index in [2.05, 4.69) is 30.4 Å². The van der Waals surface area contributed by atoms with Crippen molar-refractivity contribution in [1.29, 1.82) is 0 Å². The summed E-state index contributed by atoms with van der Waals surface area (Å²) in [4.78, 5) is 48.3. The number of thioether (sulfide) groups is 1. The highest BCUT2D eigenvalue weighted by Gasteiger charge is 2.33. The molecule has 238 valence electrons. The Morgan fingerprint density at radius 3 is 2.37 bits per heavy atom. The molecule has 15 heteroatoms. The maximum atomic E-state index is 12.9. The SMILES string of the molecule is Cc1ccc(C(C)C)c(N2C(=O)CS/C2=N\C(=O)Nc2ccc(-c3nc(NC(=O)c4ccc(OC(F)(F)F)cc4)n(C)n3)cc2)c1. The van der Waals surface area contributed by atoms with Crippen molar-refractivity contribution in [2.24, 2.45) is 12.0 Å². The van der Waals surface area contributed by atoms with E-state index in [0.29, 0.717) is 22.1 Å². The molecule has 11 nitrogen and oxygen atoms in total. The van der Waals surface area contributed by atoms with Crippen LogP contribution in [0.3, 0.4) is 0 Å². The van der Waals surface area contributed by atoms with Crippen LogP contribution >= 0.6 is 11.8 Å². The maximum Gasteiger partial charge on any atom is 0.573 e. The molecule has 0 aliphatic carbocycles. The van der Waals surface area contributed by atoms with Crippen molar-refractivity contribution < 1.29 is 32.3 Å². The molecule has 2 N–H and O–H groups in total. The number of nitrogens with zero attached hydrogens (tertiary/aromatic N) is 5. The first-order valence-electron chi connectivity index (χ1n) is 13.9. The standard InChI is InChI=1S/C31H28F3N7O4S/c1-17(2)23-14-5-18(3)15-24(23)41-25(42)16-46-30(41)38-29(44)35-21-10-6-19(7-11-21)26-36-28(40(4)39-26)37-27(43)20-8-12-22(13-9-20)45-31(32,33)34/h5-15,17H,16H2,1-4H3,(H,35,44)(H,36,37,39,43)/b38-30-. The number of hydrogen-bond acceptors (Lipinski definition) is 7. The largest absolute Gasteiger partial charge is 0.573 e. The summed E-state index contributed by atoms with van der Waals surface area (Å²) >= 11 is 1.20. The molecule has 0 spiro atoms. The highest BCUT2D eigenvalue weighted by atomic mass is 32.2. The van der Waals surface area contributed by atoms with Gasteiger partial charge in [-0.25, -0.2) is 9.48 Å². The number of urea groups is 1. The van der Waals surface area contributed by atoms with Gasteiger partial charge >= 0.3 is 12.4 Å². The van der Waals surface area contributed by atoms with E-state index in [4.69, 9.17) is 0 Å². The van der Waals surface area contributed by atoms with Gasteiger partial charge in [-0.3, -0.25) is 19.8 Å². The summed E-state index contributed by atoms with van der Waals surface area (Å²) in [7, 11) is 1.57. The number of aliphatic imine (C=N–C) groups is 1. The number of carbonyl (C=O) groups excluding carboxylic acids is 3. The van der Waals surface area contributed by atoms with E-state index in [1.54, 1.807) is 31.3 Å². The lowest BCUT2D eigenvalue weighted by Gasteiger charge is -2.22. The number of aromatic nitrogens is 3. The van der Waals surface area contributed by atoms with Gasteiger partial charge in [-0.05, 0) is 78.6 Å². The smallest absolute Gasteiger partial charge is 0.406 e. The molecule has 1 aliphatic rings. The van der Waals surface area contributed by atoms with Crippen LogP contribution in [0.25, 0.3) is 11.4 Å². The van der Waals surface area contributed by atoms with Crippen LogP contribution in [-0.2, 0) is 11.8 Å². The number of anilines is 3. The number of rotatable bonds is 7. The van der Waals surface area contributed by atoms with Crippen LogP contribution in [0.4, 0.5) is 35.3 Å². The van der Waals surface area contributed by atoms with Crippen molar-refractivity contribution in [1.82, 2.24) is 14.8 Å². The number of aryl methyl sites for hydroxylation is 2. The topological polar surface area (TPSA) is 131 Å². The molecule has 46 heavy (non-hydrogen) atoms. The summed E-state index contributed by atoms with van der Waals surface area (Å²) in [6.45, 7) is 6.01. The van der Waals surface area contributed by atoms with Gasteiger partial charge < -0.3 is 10.1 Å². The molecular weight excluding hydrogens is 623 g/mol. The Morgan fingerprint density at radius 1 is 1.02 bits per heavy atom. The molecule has 2 heterocycles. The molecule has 1 aromatic heterocycles. The minimum atomic E-state index is -4.84. The van der Waals surface area contributed by atoms with Gasteiger partial charge in [0.15, 0.2) is 11.0 Å². The number of hydrogen-bond donors (Lipinski definition) is 2. The van der Waals surface area contributed by atoms with E-state index in [1.165, 1.54) is 33.5 Å². The predicted molar refractivity (Wildman–Crippen MR) is 169 cm³/mol. The number of nitrogens with one attached hydrogen (secondary N) is 2. The molecule has 0 radical (unpaired) electrons.